The van der Waals surface area contributed by atoms with Gasteiger partial charge >= 0.3 is 12.1 Å². The number of aryl methyl sites for hydroxylation is 3. The van der Waals surface area contributed by atoms with Crippen LogP contribution in [0.5, 0.6) is 0 Å². The van der Waals surface area contributed by atoms with Crippen molar-refractivity contribution in [1.82, 2.24) is 0 Å². The first-order valence-electron chi connectivity index (χ1n) is 8.68. The van der Waals surface area contributed by atoms with Crippen molar-refractivity contribution in [3.8, 4) is 11.1 Å². The van der Waals surface area contributed by atoms with Gasteiger partial charge in [0, 0.05) is 6.42 Å². The molecule has 0 bridgehead atoms. The number of benzene rings is 2. The second-order valence-corrected chi connectivity index (χ2v) is 6.50. The summed E-state index contributed by atoms with van der Waals surface area (Å²) in [6, 6.07) is 5.97. The van der Waals surface area contributed by atoms with E-state index in [1.54, 1.807) is 13.8 Å². The van der Waals surface area contributed by atoms with Crippen LogP contribution in [0.3, 0.4) is 0 Å². The molecule has 0 saturated heterocycles. The van der Waals surface area contributed by atoms with Crippen molar-refractivity contribution < 1.29 is 27.1 Å². The van der Waals surface area contributed by atoms with Crippen molar-refractivity contribution in [3.63, 3.8) is 0 Å². The molecule has 6 heteroatoms. The van der Waals surface area contributed by atoms with E-state index in [2.05, 4.69) is 0 Å². The Kier molecular flexibility index (Phi) is 6.29. The highest BCUT2D eigenvalue weighted by atomic mass is 19.4. The lowest BCUT2D eigenvalue weighted by molar-refractivity contribution is -0.143. The molecule has 0 radical (unpaired) electrons. The van der Waals surface area contributed by atoms with Crippen molar-refractivity contribution in [3.05, 3.63) is 57.9 Å². The minimum atomic E-state index is -4.83. The van der Waals surface area contributed by atoms with E-state index >= 15 is 0 Å². The molecule has 0 aromatic heterocycles. The summed E-state index contributed by atoms with van der Waals surface area (Å²) < 4.78 is 59.5. The predicted octanol–water partition coefficient (Wildman–Crippen LogP) is 5.93. The number of halogens is 4. The molecule has 0 heterocycles. The number of ether oxygens (including phenoxy) is 1. The van der Waals surface area contributed by atoms with E-state index in [0.29, 0.717) is 11.1 Å². The predicted molar refractivity (Wildman–Crippen MR) is 96.0 cm³/mol. The van der Waals surface area contributed by atoms with Gasteiger partial charge in [-0.2, -0.15) is 13.2 Å². The van der Waals surface area contributed by atoms with Crippen LogP contribution in [0.1, 0.15) is 41.2 Å². The number of hydrogen-bond donors (Lipinski definition) is 0. The molecule has 0 amide bonds. The summed E-state index contributed by atoms with van der Waals surface area (Å²) >= 11 is 0. The topological polar surface area (TPSA) is 26.3 Å². The molecule has 0 aliphatic rings. The number of hydrogen-bond acceptors (Lipinski definition) is 2. The van der Waals surface area contributed by atoms with Crippen molar-refractivity contribution >= 4 is 5.97 Å². The van der Waals surface area contributed by atoms with E-state index in [1.807, 2.05) is 26.0 Å². The quantitative estimate of drug-likeness (QED) is 0.473. The molecule has 2 rings (SSSR count). The zero-order chi connectivity index (χ0) is 20.4. The molecule has 0 fully saturated rings. The number of esters is 1. The average molecular weight is 382 g/mol. The Hall–Kier alpha value is -2.37. The first-order valence-corrected chi connectivity index (χ1v) is 8.68. The summed E-state index contributed by atoms with van der Waals surface area (Å²) in [5, 5.41) is 0. The number of carbonyl (C=O) groups excluding carboxylic acids is 1. The van der Waals surface area contributed by atoms with Crippen LogP contribution in [0, 0.1) is 26.6 Å². The maximum Gasteiger partial charge on any atom is 0.419 e. The summed E-state index contributed by atoms with van der Waals surface area (Å²) in [6.07, 6.45) is -5.17. The Balaban J connectivity index is 2.61. The van der Waals surface area contributed by atoms with Crippen LogP contribution in [0.2, 0.25) is 0 Å². The van der Waals surface area contributed by atoms with E-state index in [9.17, 15) is 22.4 Å². The van der Waals surface area contributed by atoms with Crippen LogP contribution in [-0.2, 0) is 22.1 Å². The maximum atomic E-state index is 14.5. The van der Waals surface area contributed by atoms with Gasteiger partial charge in [-0.3, -0.25) is 4.79 Å². The minimum absolute atomic E-state index is 0.145. The average Bonchev–Trinajstić information content (AvgIpc) is 2.57. The number of rotatable bonds is 5. The second kappa shape index (κ2) is 8.11. The third kappa shape index (κ3) is 4.67. The smallest absolute Gasteiger partial charge is 0.419 e. The summed E-state index contributed by atoms with van der Waals surface area (Å²) in [5.74, 6) is -1.91. The van der Waals surface area contributed by atoms with Gasteiger partial charge in [0.2, 0.25) is 0 Å². The molecule has 0 unspecified atom stereocenters. The molecule has 0 saturated carbocycles. The van der Waals surface area contributed by atoms with Gasteiger partial charge < -0.3 is 4.74 Å². The fourth-order valence-electron chi connectivity index (χ4n) is 3.08. The Labute approximate surface area is 156 Å². The Morgan fingerprint density at radius 2 is 1.70 bits per heavy atom. The van der Waals surface area contributed by atoms with E-state index in [0.717, 1.165) is 22.8 Å². The molecular formula is C21H22F4O2. The zero-order valence-electron chi connectivity index (χ0n) is 15.8. The number of alkyl halides is 3. The van der Waals surface area contributed by atoms with E-state index in [1.165, 1.54) is 6.07 Å². The first kappa shape index (κ1) is 20.9. The SMILES string of the molecule is CCOC(=O)CCc1cc(-c2c(C)ccc(C)c2C)cc(C(F)(F)F)c1F. The largest absolute Gasteiger partial charge is 0.466 e. The molecule has 0 atom stereocenters. The van der Waals surface area contributed by atoms with E-state index < -0.39 is 23.5 Å². The molecule has 27 heavy (non-hydrogen) atoms. The van der Waals surface area contributed by atoms with Crippen LogP contribution in [0.25, 0.3) is 11.1 Å². The molecule has 2 nitrogen and oxygen atoms in total. The van der Waals surface area contributed by atoms with E-state index in [-0.39, 0.29) is 25.0 Å². The Bertz CT molecular complexity index is 854. The summed E-state index contributed by atoms with van der Waals surface area (Å²) in [4.78, 5) is 11.6. The lowest BCUT2D eigenvalue weighted by Crippen LogP contribution is -2.12. The molecule has 0 N–H and O–H groups in total. The molecule has 2 aromatic carbocycles. The molecule has 0 spiro atoms. The Morgan fingerprint density at radius 3 is 2.30 bits per heavy atom. The first-order chi connectivity index (χ1) is 12.6. The summed E-state index contributed by atoms with van der Waals surface area (Å²) in [6.45, 7) is 7.29. The van der Waals surface area contributed by atoms with Gasteiger partial charge in [-0.15, -0.1) is 0 Å². The van der Waals surface area contributed by atoms with Crippen molar-refractivity contribution in [1.29, 1.82) is 0 Å². The monoisotopic (exact) mass is 382 g/mol. The van der Waals surface area contributed by atoms with Gasteiger partial charge in [0.25, 0.3) is 0 Å². The lowest BCUT2D eigenvalue weighted by Gasteiger charge is -2.18. The van der Waals surface area contributed by atoms with E-state index in [4.69, 9.17) is 4.74 Å². The minimum Gasteiger partial charge on any atom is -0.466 e. The normalized spacial score (nSPS) is 11.6. The van der Waals surface area contributed by atoms with Gasteiger partial charge in [0.05, 0.1) is 12.2 Å². The summed E-state index contributed by atoms with van der Waals surface area (Å²) in [7, 11) is 0. The standard InChI is InChI=1S/C21H22F4O2/c1-5-27-18(26)9-8-15-10-16(11-17(20(15)22)21(23,24)25)19-13(3)7-6-12(2)14(19)4/h6-7,10-11H,5,8-9H2,1-4H3. The highest BCUT2D eigenvalue weighted by molar-refractivity contribution is 5.74. The zero-order valence-corrected chi connectivity index (χ0v) is 15.8. The van der Waals surface area contributed by atoms with Gasteiger partial charge in [-0.05, 0) is 79.6 Å². The summed E-state index contributed by atoms with van der Waals surface area (Å²) in [5.41, 5.74) is 2.05. The van der Waals surface area contributed by atoms with Crippen LogP contribution >= 0.6 is 0 Å². The lowest BCUT2D eigenvalue weighted by atomic mass is 9.89. The molecule has 146 valence electrons. The third-order valence-corrected chi connectivity index (χ3v) is 4.59. The van der Waals surface area contributed by atoms with Crippen LogP contribution < -0.4 is 0 Å². The van der Waals surface area contributed by atoms with Gasteiger partial charge in [0.1, 0.15) is 5.82 Å². The fourth-order valence-corrected chi connectivity index (χ4v) is 3.08. The fraction of sp³-hybridized carbons (Fsp3) is 0.381. The van der Waals surface area contributed by atoms with Gasteiger partial charge in [-0.1, -0.05) is 12.1 Å². The van der Waals surface area contributed by atoms with Crippen LogP contribution in [-0.4, -0.2) is 12.6 Å². The highest BCUT2D eigenvalue weighted by Gasteiger charge is 2.36. The van der Waals surface area contributed by atoms with Gasteiger partial charge in [0.15, 0.2) is 0 Å². The maximum absolute atomic E-state index is 14.5. The number of carbonyl (C=O) groups is 1. The molecule has 2 aromatic rings. The van der Waals surface area contributed by atoms with Crippen LogP contribution in [0.4, 0.5) is 17.6 Å². The second-order valence-electron chi connectivity index (χ2n) is 6.50. The van der Waals surface area contributed by atoms with Crippen molar-refractivity contribution in [2.75, 3.05) is 6.61 Å². The molecular weight excluding hydrogens is 360 g/mol. The van der Waals surface area contributed by atoms with Gasteiger partial charge in [-0.25, -0.2) is 4.39 Å². The highest BCUT2D eigenvalue weighted by Crippen LogP contribution is 2.38. The third-order valence-electron chi connectivity index (χ3n) is 4.59. The molecule has 0 aliphatic heterocycles. The van der Waals surface area contributed by atoms with Crippen LogP contribution in [0.15, 0.2) is 24.3 Å². The van der Waals surface area contributed by atoms with Crippen molar-refractivity contribution in [2.24, 2.45) is 0 Å². The van der Waals surface area contributed by atoms with Crippen molar-refractivity contribution in [2.45, 2.75) is 46.7 Å². The Morgan fingerprint density at radius 1 is 1.07 bits per heavy atom. The molecule has 0 aliphatic carbocycles.